The molecule has 1 aromatic rings. The van der Waals surface area contributed by atoms with Crippen molar-refractivity contribution in [2.24, 2.45) is 0 Å². The SMILES string of the molecule is CC(COC(C)(C)C)OCc1ccc(C(F)(F)C(=O)OF)cc1. The molecule has 0 aromatic heterocycles. The number of alkyl halides is 2. The molecule has 0 fully saturated rings. The minimum absolute atomic E-state index is 0.170. The summed E-state index contributed by atoms with van der Waals surface area (Å²) < 4.78 is 49.7. The first kappa shape index (κ1) is 19.4. The van der Waals surface area contributed by atoms with E-state index in [1.54, 1.807) is 0 Å². The molecule has 1 atom stereocenters. The molecule has 4 nitrogen and oxygen atoms in total. The molecule has 0 N–H and O–H groups in total. The van der Waals surface area contributed by atoms with E-state index in [0.717, 1.165) is 12.1 Å². The van der Waals surface area contributed by atoms with E-state index in [0.29, 0.717) is 12.2 Å². The predicted octanol–water partition coefficient (Wildman–Crippen LogP) is 3.93. The molecule has 1 rings (SSSR count). The molecule has 0 saturated heterocycles. The van der Waals surface area contributed by atoms with Gasteiger partial charge in [0, 0.05) is 10.1 Å². The highest BCUT2D eigenvalue weighted by atomic mass is 19.3. The van der Waals surface area contributed by atoms with E-state index in [2.05, 4.69) is 4.94 Å². The standard InChI is InChI=1S/C16H21F3O4/c1-11(9-22-15(2,3)4)21-10-12-5-7-13(8-6-12)16(17,18)14(20)23-19/h5-8,11H,9-10H2,1-4H3. The fraction of sp³-hybridized carbons (Fsp3) is 0.562. The minimum Gasteiger partial charge on any atom is -0.373 e. The van der Waals surface area contributed by atoms with Gasteiger partial charge in [-0.25, -0.2) is 9.74 Å². The van der Waals surface area contributed by atoms with Gasteiger partial charge in [0.05, 0.1) is 24.9 Å². The Hall–Kier alpha value is -1.60. The molecule has 7 heteroatoms. The van der Waals surface area contributed by atoms with Gasteiger partial charge in [0.1, 0.15) is 0 Å². The van der Waals surface area contributed by atoms with Gasteiger partial charge in [-0.3, -0.25) is 0 Å². The highest BCUT2D eigenvalue weighted by molar-refractivity contribution is 5.78. The Morgan fingerprint density at radius 1 is 1.17 bits per heavy atom. The molecule has 23 heavy (non-hydrogen) atoms. The fourth-order valence-corrected chi connectivity index (χ4v) is 1.63. The van der Waals surface area contributed by atoms with Crippen molar-refractivity contribution in [2.45, 2.75) is 51.9 Å². The van der Waals surface area contributed by atoms with Crippen LogP contribution < -0.4 is 0 Å². The zero-order chi connectivity index (χ0) is 17.7. The van der Waals surface area contributed by atoms with Crippen molar-refractivity contribution < 1.29 is 32.5 Å². The van der Waals surface area contributed by atoms with Crippen molar-refractivity contribution in [3.63, 3.8) is 0 Å². The van der Waals surface area contributed by atoms with E-state index in [1.807, 2.05) is 27.7 Å². The third kappa shape index (κ3) is 6.19. The van der Waals surface area contributed by atoms with Crippen molar-refractivity contribution >= 4 is 5.97 Å². The number of rotatable bonds is 7. The van der Waals surface area contributed by atoms with Crippen LogP contribution in [0.25, 0.3) is 0 Å². The van der Waals surface area contributed by atoms with Crippen LogP contribution in [-0.4, -0.2) is 24.3 Å². The summed E-state index contributed by atoms with van der Waals surface area (Å²) in [7, 11) is 0. The molecule has 130 valence electrons. The van der Waals surface area contributed by atoms with Gasteiger partial charge in [-0.1, -0.05) is 24.3 Å². The summed E-state index contributed by atoms with van der Waals surface area (Å²) in [5.74, 6) is -6.27. The van der Waals surface area contributed by atoms with Crippen LogP contribution in [0.15, 0.2) is 24.3 Å². The number of carbonyl (C=O) groups is 1. The van der Waals surface area contributed by atoms with Crippen LogP contribution in [0.5, 0.6) is 0 Å². The van der Waals surface area contributed by atoms with Crippen molar-refractivity contribution in [3.05, 3.63) is 35.4 Å². The minimum atomic E-state index is -4.03. The summed E-state index contributed by atoms with van der Waals surface area (Å²) in [6, 6.07) is 4.83. The Kier molecular flexibility index (Phi) is 6.58. The van der Waals surface area contributed by atoms with Crippen molar-refractivity contribution in [3.8, 4) is 0 Å². The zero-order valence-corrected chi connectivity index (χ0v) is 13.6. The monoisotopic (exact) mass is 334 g/mol. The second kappa shape index (κ2) is 7.79. The van der Waals surface area contributed by atoms with Crippen molar-refractivity contribution in [1.82, 2.24) is 0 Å². The maximum atomic E-state index is 13.4. The molecule has 0 spiro atoms. The van der Waals surface area contributed by atoms with E-state index in [4.69, 9.17) is 9.47 Å². The van der Waals surface area contributed by atoms with Crippen LogP contribution in [-0.2, 0) is 31.7 Å². The van der Waals surface area contributed by atoms with Gasteiger partial charge in [-0.15, -0.1) is 0 Å². The molecular formula is C16H21F3O4. The van der Waals surface area contributed by atoms with Gasteiger partial charge >= 0.3 is 11.9 Å². The second-order valence-corrected chi connectivity index (χ2v) is 6.18. The molecule has 1 unspecified atom stereocenters. The normalized spacial score (nSPS) is 13.7. The number of benzene rings is 1. The Balaban J connectivity index is 2.56. The zero-order valence-electron chi connectivity index (χ0n) is 13.6. The lowest BCUT2D eigenvalue weighted by molar-refractivity contribution is -0.213. The van der Waals surface area contributed by atoms with E-state index in [1.165, 1.54) is 12.1 Å². The van der Waals surface area contributed by atoms with Crippen LogP contribution >= 0.6 is 0 Å². The molecule has 0 aliphatic rings. The third-order valence-electron chi connectivity index (χ3n) is 2.93. The lowest BCUT2D eigenvalue weighted by Crippen LogP contribution is -2.26. The van der Waals surface area contributed by atoms with Crippen LogP contribution in [0.4, 0.5) is 13.3 Å². The van der Waals surface area contributed by atoms with E-state index in [-0.39, 0.29) is 18.3 Å². The molecule has 0 aliphatic carbocycles. The summed E-state index contributed by atoms with van der Waals surface area (Å²) in [6.07, 6.45) is -0.170. The van der Waals surface area contributed by atoms with Gasteiger partial charge in [0.25, 0.3) is 0 Å². The van der Waals surface area contributed by atoms with Crippen molar-refractivity contribution in [2.75, 3.05) is 6.61 Å². The summed E-state index contributed by atoms with van der Waals surface area (Å²) in [5.41, 5.74) is -0.274. The average Bonchev–Trinajstić information content (AvgIpc) is 2.49. The maximum absolute atomic E-state index is 13.4. The van der Waals surface area contributed by atoms with Crippen LogP contribution in [0.3, 0.4) is 0 Å². The second-order valence-electron chi connectivity index (χ2n) is 6.18. The van der Waals surface area contributed by atoms with Crippen LogP contribution in [0, 0.1) is 0 Å². The number of hydrogen-bond donors (Lipinski definition) is 0. The summed E-state index contributed by atoms with van der Waals surface area (Å²) >= 11 is 0. The third-order valence-corrected chi connectivity index (χ3v) is 2.93. The number of ether oxygens (including phenoxy) is 2. The molecular weight excluding hydrogens is 313 g/mol. The van der Waals surface area contributed by atoms with Crippen LogP contribution in [0.1, 0.15) is 38.8 Å². The largest absolute Gasteiger partial charge is 0.422 e. The highest BCUT2D eigenvalue weighted by Crippen LogP contribution is 2.29. The first-order valence-electron chi connectivity index (χ1n) is 7.12. The predicted molar refractivity (Wildman–Crippen MR) is 77.5 cm³/mol. The maximum Gasteiger partial charge on any atom is 0.422 e. The van der Waals surface area contributed by atoms with Gasteiger partial charge in [-0.05, 0) is 33.3 Å². The molecule has 0 radical (unpaired) electrons. The number of carbonyl (C=O) groups excluding carboxylic acids is 1. The molecule has 0 amide bonds. The molecule has 1 aromatic carbocycles. The molecule has 0 aliphatic heterocycles. The first-order chi connectivity index (χ1) is 10.6. The Morgan fingerprint density at radius 2 is 1.74 bits per heavy atom. The Morgan fingerprint density at radius 3 is 2.22 bits per heavy atom. The first-order valence-corrected chi connectivity index (χ1v) is 7.12. The van der Waals surface area contributed by atoms with Gasteiger partial charge in [0.2, 0.25) is 0 Å². The quantitative estimate of drug-likeness (QED) is 0.758. The lowest BCUT2D eigenvalue weighted by Gasteiger charge is -2.22. The number of halogens is 3. The molecule has 0 saturated carbocycles. The summed E-state index contributed by atoms with van der Waals surface area (Å²) in [6.45, 7) is 8.24. The van der Waals surface area contributed by atoms with E-state index >= 15 is 0 Å². The Bertz CT molecular complexity index is 509. The van der Waals surface area contributed by atoms with Gasteiger partial charge in [-0.2, -0.15) is 8.78 Å². The van der Waals surface area contributed by atoms with Crippen LogP contribution in [0.2, 0.25) is 0 Å². The number of hydrogen-bond acceptors (Lipinski definition) is 4. The van der Waals surface area contributed by atoms with E-state index < -0.39 is 17.5 Å². The van der Waals surface area contributed by atoms with Crippen molar-refractivity contribution in [1.29, 1.82) is 0 Å². The average molecular weight is 334 g/mol. The van der Waals surface area contributed by atoms with Gasteiger partial charge < -0.3 is 9.47 Å². The highest BCUT2D eigenvalue weighted by Gasteiger charge is 2.43. The lowest BCUT2D eigenvalue weighted by atomic mass is 10.1. The Labute approximate surface area is 133 Å². The molecule has 0 heterocycles. The summed E-state index contributed by atoms with van der Waals surface area (Å²) in [5, 5.41) is 0. The van der Waals surface area contributed by atoms with E-state index in [9.17, 15) is 18.1 Å². The topological polar surface area (TPSA) is 44.8 Å². The van der Waals surface area contributed by atoms with Gasteiger partial charge in [0.15, 0.2) is 0 Å². The summed E-state index contributed by atoms with van der Waals surface area (Å²) in [4.78, 5) is 13.3. The fourth-order valence-electron chi connectivity index (χ4n) is 1.63. The molecule has 0 bridgehead atoms. The smallest absolute Gasteiger partial charge is 0.373 e.